The van der Waals surface area contributed by atoms with E-state index in [2.05, 4.69) is 31.1 Å². The Morgan fingerprint density at radius 2 is 2.11 bits per heavy atom. The largest absolute Gasteiger partial charge is 0.372 e. The van der Waals surface area contributed by atoms with Crippen molar-refractivity contribution < 1.29 is 4.79 Å². The Bertz CT molecular complexity index is 404. The highest BCUT2D eigenvalue weighted by Gasteiger charge is 2.20. The lowest BCUT2D eigenvalue weighted by Gasteiger charge is -2.26. The van der Waals surface area contributed by atoms with E-state index in [9.17, 15) is 4.79 Å². The van der Waals surface area contributed by atoms with Gasteiger partial charge in [-0.3, -0.25) is 4.79 Å². The van der Waals surface area contributed by atoms with Crippen LogP contribution in [0.4, 0.5) is 5.82 Å². The summed E-state index contributed by atoms with van der Waals surface area (Å²) in [6.07, 6.45) is 2.68. The van der Waals surface area contributed by atoms with Crippen LogP contribution in [0.3, 0.4) is 0 Å². The lowest BCUT2D eigenvalue weighted by molar-refractivity contribution is 0.0729. The highest BCUT2D eigenvalue weighted by atomic mass is 16.2. The molecule has 0 saturated carbocycles. The van der Waals surface area contributed by atoms with E-state index in [1.54, 1.807) is 30.3 Å². The number of aromatic nitrogens is 1. The molecule has 1 heterocycles. The molecule has 0 aromatic carbocycles. The first-order chi connectivity index (χ1) is 8.47. The topological polar surface area (TPSA) is 45.2 Å². The van der Waals surface area contributed by atoms with Crippen LogP contribution >= 0.6 is 0 Å². The van der Waals surface area contributed by atoms with Gasteiger partial charge in [-0.2, -0.15) is 0 Å². The molecule has 1 aromatic heterocycles. The molecule has 1 atom stereocenters. The Morgan fingerprint density at radius 1 is 1.44 bits per heavy atom. The SMILES string of the molecule is CNc1ncccc1C(=O)N(C)C(C)CC(C)C. The van der Waals surface area contributed by atoms with Crippen molar-refractivity contribution in [3.8, 4) is 0 Å². The number of amides is 1. The maximum Gasteiger partial charge on any atom is 0.257 e. The summed E-state index contributed by atoms with van der Waals surface area (Å²) in [4.78, 5) is 18.3. The number of hydrogen-bond acceptors (Lipinski definition) is 3. The van der Waals surface area contributed by atoms with Gasteiger partial charge in [0.1, 0.15) is 5.82 Å². The van der Waals surface area contributed by atoms with Crippen molar-refractivity contribution in [3.63, 3.8) is 0 Å². The van der Waals surface area contributed by atoms with Gasteiger partial charge in [-0.25, -0.2) is 4.98 Å². The first kappa shape index (κ1) is 14.5. The Morgan fingerprint density at radius 3 is 2.67 bits per heavy atom. The molecule has 1 amide bonds. The lowest BCUT2D eigenvalue weighted by atomic mass is 10.0. The highest BCUT2D eigenvalue weighted by Crippen LogP contribution is 2.17. The molecule has 0 bridgehead atoms. The maximum absolute atomic E-state index is 12.4. The maximum atomic E-state index is 12.4. The first-order valence-corrected chi connectivity index (χ1v) is 6.37. The Labute approximate surface area is 109 Å². The zero-order valence-corrected chi connectivity index (χ0v) is 11.9. The van der Waals surface area contributed by atoms with E-state index in [1.807, 2.05) is 7.05 Å². The van der Waals surface area contributed by atoms with Gasteiger partial charge < -0.3 is 10.2 Å². The van der Waals surface area contributed by atoms with Gasteiger partial charge in [0.05, 0.1) is 5.56 Å². The number of nitrogens with zero attached hydrogens (tertiary/aromatic N) is 2. The molecule has 0 aliphatic rings. The third-order valence-corrected chi connectivity index (χ3v) is 3.07. The summed E-state index contributed by atoms with van der Waals surface area (Å²) in [5.41, 5.74) is 0.623. The van der Waals surface area contributed by atoms with Crippen LogP contribution in [0.5, 0.6) is 0 Å². The second-order valence-corrected chi connectivity index (χ2v) is 5.04. The van der Waals surface area contributed by atoms with E-state index < -0.39 is 0 Å². The zero-order valence-electron chi connectivity index (χ0n) is 11.9. The average Bonchev–Trinajstić information content (AvgIpc) is 2.36. The van der Waals surface area contributed by atoms with Gasteiger partial charge in [0, 0.05) is 26.3 Å². The minimum Gasteiger partial charge on any atom is -0.372 e. The minimum absolute atomic E-state index is 0.0144. The van der Waals surface area contributed by atoms with Crippen molar-refractivity contribution in [2.75, 3.05) is 19.4 Å². The molecule has 0 fully saturated rings. The van der Waals surface area contributed by atoms with E-state index in [0.717, 1.165) is 6.42 Å². The van der Waals surface area contributed by atoms with Gasteiger partial charge >= 0.3 is 0 Å². The summed E-state index contributed by atoms with van der Waals surface area (Å²) >= 11 is 0. The number of carbonyl (C=O) groups excluding carboxylic acids is 1. The van der Waals surface area contributed by atoms with Crippen molar-refractivity contribution in [2.24, 2.45) is 5.92 Å². The fourth-order valence-electron chi connectivity index (χ4n) is 2.01. The fourth-order valence-corrected chi connectivity index (χ4v) is 2.01. The Hall–Kier alpha value is -1.58. The summed E-state index contributed by atoms with van der Waals surface area (Å²) in [6, 6.07) is 3.82. The number of anilines is 1. The Balaban J connectivity index is 2.86. The summed E-state index contributed by atoms with van der Waals surface area (Å²) in [7, 11) is 3.62. The molecular formula is C14H23N3O. The highest BCUT2D eigenvalue weighted by molar-refractivity contribution is 5.98. The van der Waals surface area contributed by atoms with Crippen LogP contribution < -0.4 is 5.32 Å². The molecule has 0 aliphatic heterocycles. The fraction of sp³-hybridized carbons (Fsp3) is 0.571. The molecule has 4 nitrogen and oxygen atoms in total. The lowest BCUT2D eigenvalue weighted by Crippen LogP contribution is -2.36. The molecule has 1 rings (SSSR count). The van der Waals surface area contributed by atoms with E-state index in [0.29, 0.717) is 17.3 Å². The van der Waals surface area contributed by atoms with Gasteiger partial charge in [0.2, 0.25) is 0 Å². The van der Waals surface area contributed by atoms with Gasteiger partial charge in [0.15, 0.2) is 0 Å². The van der Waals surface area contributed by atoms with Gasteiger partial charge in [-0.05, 0) is 31.4 Å². The van der Waals surface area contributed by atoms with E-state index in [-0.39, 0.29) is 11.9 Å². The smallest absolute Gasteiger partial charge is 0.257 e. The van der Waals surface area contributed by atoms with Crippen LogP contribution in [0.25, 0.3) is 0 Å². The third kappa shape index (κ3) is 3.45. The van der Waals surface area contributed by atoms with Crippen LogP contribution in [0.2, 0.25) is 0 Å². The van der Waals surface area contributed by atoms with Gasteiger partial charge in [-0.1, -0.05) is 13.8 Å². The van der Waals surface area contributed by atoms with Crippen molar-refractivity contribution in [3.05, 3.63) is 23.9 Å². The molecule has 18 heavy (non-hydrogen) atoms. The van der Waals surface area contributed by atoms with Crippen molar-refractivity contribution in [1.29, 1.82) is 0 Å². The van der Waals surface area contributed by atoms with E-state index >= 15 is 0 Å². The standard InChI is InChI=1S/C14H23N3O/c1-10(2)9-11(3)17(5)14(18)12-7-6-8-16-13(12)15-4/h6-8,10-11H,9H2,1-5H3,(H,15,16). The molecular weight excluding hydrogens is 226 g/mol. The predicted octanol–water partition coefficient (Wildman–Crippen LogP) is 2.63. The van der Waals surface area contributed by atoms with Crippen LogP contribution in [0.1, 0.15) is 37.6 Å². The minimum atomic E-state index is 0.0144. The van der Waals surface area contributed by atoms with Crippen LogP contribution in [0, 0.1) is 5.92 Å². The molecule has 0 saturated heterocycles. The number of hydrogen-bond donors (Lipinski definition) is 1. The summed E-state index contributed by atoms with van der Waals surface area (Å²) in [5, 5.41) is 2.95. The van der Waals surface area contributed by atoms with Crippen molar-refractivity contribution in [1.82, 2.24) is 9.88 Å². The second kappa shape index (κ2) is 6.38. The number of carbonyl (C=O) groups is 1. The second-order valence-electron chi connectivity index (χ2n) is 5.04. The summed E-state index contributed by atoms with van der Waals surface area (Å²) < 4.78 is 0. The average molecular weight is 249 g/mol. The Kier molecular flexibility index (Phi) is 5.13. The summed E-state index contributed by atoms with van der Waals surface area (Å²) in [6.45, 7) is 6.41. The van der Waals surface area contributed by atoms with Crippen LogP contribution in [-0.2, 0) is 0 Å². The van der Waals surface area contributed by atoms with Crippen molar-refractivity contribution >= 4 is 11.7 Å². The first-order valence-electron chi connectivity index (χ1n) is 6.37. The molecule has 0 spiro atoms. The molecule has 100 valence electrons. The zero-order chi connectivity index (χ0) is 13.7. The van der Waals surface area contributed by atoms with Crippen LogP contribution in [0.15, 0.2) is 18.3 Å². The normalized spacial score (nSPS) is 12.3. The van der Waals surface area contributed by atoms with Crippen LogP contribution in [-0.4, -0.2) is 35.9 Å². The van der Waals surface area contributed by atoms with Gasteiger partial charge in [-0.15, -0.1) is 0 Å². The molecule has 1 unspecified atom stereocenters. The number of nitrogens with one attached hydrogen (secondary N) is 1. The van der Waals surface area contributed by atoms with E-state index in [4.69, 9.17) is 0 Å². The van der Waals surface area contributed by atoms with E-state index in [1.165, 1.54) is 0 Å². The monoisotopic (exact) mass is 249 g/mol. The molecule has 1 N–H and O–H groups in total. The number of rotatable bonds is 5. The predicted molar refractivity (Wildman–Crippen MR) is 74.8 cm³/mol. The number of pyridine rings is 1. The van der Waals surface area contributed by atoms with Gasteiger partial charge in [0.25, 0.3) is 5.91 Å². The molecule has 0 radical (unpaired) electrons. The quantitative estimate of drug-likeness (QED) is 0.872. The van der Waals surface area contributed by atoms with Crippen molar-refractivity contribution in [2.45, 2.75) is 33.2 Å². The summed E-state index contributed by atoms with van der Waals surface area (Å²) in [5.74, 6) is 1.22. The molecule has 1 aromatic rings. The molecule has 0 aliphatic carbocycles. The molecule has 4 heteroatoms. The third-order valence-electron chi connectivity index (χ3n) is 3.07.